The normalized spacial score (nSPS) is 16.0. The van der Waals surface area contributed by atoms with Crippen molar-refractivity contribution in [1.29, 1.82) is 0 Å². The summed E-state index contributed by atoms with van der Waals surface area (Å²) in [7, 11) is 0. The van der Waals surface area contributed by atoms with Gasteiger partial charge in [-0.2, -0.15) is 13.2 Å². The van der Waals surface area contributed by atoms with Crippen molar-refractivity contribution in [2.24, 2.45) is 11.8 Å². The Balaban J connectivity index is 1.94. The highest BCUT2D eigenvalue weighted by atomic mass is 19.4. The van der Waals surface area contributed by atoms with Crippen LogP contribution in [0.3, 0.4) is 0 Å². The fourth-order valence-electron chi connectivity index (χ4n) is 3.11. The number of carbonyl (C=O) groups excluding carboxylic acids is 2. The van der Waals surface area contributed by atoms with Crippen LogP contribution < -0.4 is 10.9 Å². The molecular formula is C16H22F3N5O3. The van der Waals surface area contributed by atoms with Gasteiger partial charge in [0.15, 0.2) is 0 Å². The van der Waals surface area contributed by atoms with E-state index >= 15 is 0 Å². The number of hydrogen-bond acceptors (Lipinski definition) is 6. The lowest BCUT2D eigenvalue weighted by atomic mass is 9.94. The number of nitrogens with one attached hydrogen (secondary N) is 2. The lowest BCUT2D eigenvalue weighted by molar-refractivity contribution is -0.154. The van der Waals surface area contributed by atoms with E-state index in [1.54, 1.807) is 0 Å². The highest BCUT2D eigenvalue weighted by molar-refractivity contribution is 5.80. The summed E-state index contributed by atoms with van der Waals surface area (Å²) in [5.74, 6) is -1.21. The number of amides is 2. The molecule has 1 unspecified atom stereocenters. The standard InChI is InChI=1S/C16H22F3N5O3/c17-16(18,19)13-7-8-20-15(21-13)23-22-14(26)12(9-24(27)10-25)6-5-11-3-1-2-4-11/h7-8,10-12,27H,1-6,9H2,(H,22,26)(H,20,21,23). The Kier molecular flexibility index (Phi) is 7.34. The largest absolute Gasteiger partial charge is 0.433 e. The number of aromatic nitrogens is 2. The number of hydroxylamine groups is 2. The predicted molar refractivity (Wildman–Crippen MR) is 88.0 cm³/mol. The van der Waals surface area contributed by atoms with E-state index in [9.17, 15) is 28.0 Å². The topological polar surface area (TPSA) is 107 Å². The minimum atomic E-state index is -4.63. The molecule has 0 aromatic carbocycles. The molecule has 1 aromatic rings. The lowest BCUT2D eigenvalue weighted by Crippen LogP contribution is -2.40. The van der Waals surface area contributed by atoms with E-state index in [4.69, 9.17) is 0 Å². The molecular weight excluding hydrogens is 367 g/mol. The summed E-state index contributed by atoms with van der Waals surface area (Å²) in [6.45, 7) is -0.215. The van der Waals surface area contributed by atoms with Crippen LogP contribution in [-0.2, 0) is 15.8 Å². The van der Waals surface area contributed by atoms with Gasteiger partial charge in [0, 0.05) is 6.20 Å². The minimum absolute atomic E-state index is 0.194. The van der Waals surface area contributed by atoms with Gasteiger partial charge in [-0.1, -0.05) is 25.7 Å². The molecule has 1 aliphatic rings. The molecule has 3 N–H and O–H groups in total. The summed E-state index contributed by atoms with van der Waals surface area (Å²) in [4.78, 5) is 29.9. The van der Waals surface area contributed by atoms with E-state index in [1.807, 2.05) is 0 Å². The smallest absolute Gasteiger partial charge is 0.286 e. The van der Waals surface area contributed by atoms with Gasteiger partial charge in [0.2, 0.25) is 18.3 Å². The Morgan fingerprint density at radius 3 is 2.74 bits per heavy atom. The fourth-order valence-corrected chi connectivity index (χ4v) is 3.11. The van der Waals surface area contributed by atoms with Crippen LogP contribution in [0.15, 0.2) is 12.3 Å². The van der Waals surface area contributed by atoms with Gasteiger partial charge in [0.1, 0.15) is 5.69 Å². The first-order valence-corrected chi connectivity index (χ1v) is 8.66. The van der Waals surface area contributed by atoms with Gasteiger partial charge in [-0.05, 0) is 24.8 Å². The third-order valence-electron chi connectivity index (χ3n) is 4.54. The quantitative estimate of drug-likeness (QED) is 0.340. The Hall–Kier alpha value is -2.43. The Bertz CT molecular complexity index is 638. The zero-order chi connectivity index (χ0) is 19.9. The molecule has 27 heavy (non-hydrogen) atoms. The van der Waals surface area contributed by atoms with E-state index in [2.05, 4.69) is 20.8 Å². The second-order valence-electron chi connectivity index (χ2n) is 6.53. The Labute approximate surface area is 154 Å². The number of alkyl halides is 3. The summed E-state index contributed by atoms with van der Waals surface area (Å²) in [5, 5.41) is 9.77. The van der Waals surface area contributed by atoms with Crippen LogP contribution in [0.4, 0.5) is 19.1 Å². The van der Waals surface area contributed by atoms with Gasteiger partial charge in [-0.15, -0.1) is 0 Å². The van der Waals surface area contributed by atoms with Gasteiger partial charge < -0.3 is 0 Å². The average Bonchev–Trinajstić information content (AvgIpc) is 3.16. The first-order chi connectivity index (χ1) is 12.8. The maximum absolute atomic E-state index is 12.7. The summed E-state index contributed by atoms with van der Waals surface area (Å²) >= 11 is 0. The van der Waals surface area contributed by atoms with Crippen molar-refractivity contribution in [2.45, 2.75) is 44.7 Å². The van der Waals surface area contributed by atoms with Crippen molar-refractivity contribution >= 4 is 18.3 Å². The number of hydrazine groups is 1. The average molecular weight is 389 g/mol. The summed E-state index contributed by atoms with van der Waals surface area (Å²) < 4.78 is 38.0. The van der Waals surface area contributed by atoms with Crippen LogP contribution in [0.5, 0.6) is 0 Å². The molecule has 1 saturated carbocycles. The van der Waals surface area contributed by atoms with Gasteiger partial charge in [0.05, 0.1) is 12.5 Å². The van der Waals surface area contributed by atoms with Crippen LogP contribution in [0.25, 0.3) is 0 Å². The summed E-state index contributed by atoms with van der Waals surface area (Å²) in [5.41, 5.74) is 3.35. The van der Waals surface area contributed by atoms with Crippen molar-refractivity contribution in [3.8, 4) is 0 Å². The zero-order valence-corrected chi connectivity index (χ0v) is 14.6. The van der Waals surface area contributed by atoms with Crippen molar-refractivity contribution < 1.29 is 28.0 Å². The van der Waals surface area contributed by atoms with Gasteiger partial charge in [-0.25, -0.2) is 15.0 Å². The fraction of sp³-hybridized carbons (Fsp3) is 0.625. The molecule has 150 valence electrons. The molecule has 0 bridgehead atoms. The molecule has 0 saturated heterocycles. The van der Waals surface area contributed by atoms with Gasteiger partial charge in [-0.3, -0.25) is 25.6 Å². The summed E-state index contributed by atoms with van der Waals surface area (Å²) in [6, 6.07) is 0.713. The lowest BCUT2D eigenvalue weighted by Gasteiger charge is -2.21. The Morgan fingerprint density at radius 1 is 1.41 bits per heavy atom. The molecule has 0 spiro atoms. The SMILES string of the molecule is O=CN(O)CC(CCC1CCCC1)C(=O)NNc1nccc(C(F)(F)F)n1. The molecule has 1 aromatic heterocycles. The van der Waals surface area contributed by atoms with Crippen LogP contribution in [-0.4, -0.2) is 39.1 Å². The van der Waals surface area contributed by atoms with Crippen molar-refractivity contribution in [2.75, 3.05) is 12.0 Å². The third kappa shape index (κ3) is 6.66. The molecule has 1 fully saturated rings. The number of rotatable bonds is 9. The van der Waals surface area contributed by atoms with Crippen LogP contribution in [0, 0.1) is 11.8 Å². The predicted octanol–water partition coefficient (Wildman–Crippen LogP) is 2.37. The number of anilines is 1. The number of hydrogen-bond donors (Lipinski definition) is 3. The van der Waals surface area contributed by atoms with Gasteiger partial charge >= 0.3 is 6.18 Å². The molecule has 11 heteroatoms. The molecule has 8 nitrogen and oxygen atoms in total. The van der Waals surface area contributed by atoms with Crippen molar-refractivity contribution in [1.82, 2.24) is 20.5 Å². The molecule has 1 aliphatic carbocycles. The summed E-state index contributed by atoms with van der Waals surface area (Å²) in [6.07, 6.45) is 2.16. The van der Waals surface area contributed by atoms with E-state index in [0.29, 0.717) is 23.5 Å². The third-order valence-corrected chi connectivity index (χ3v) is 4.54. The molecule has 0 aliphatic heterocycles. The second-order valence-corrected chi connectivity index (χ2v) is 6.53. The van der Waals surface area contributed by atoms with Gasteiger partial charge in [0.25, 0.3) is 0 Å². The number of nitrogens with zero attached hydrogens (tertiary/aromatic N) is 3. The van der Waals surface area contributed by atoms with Crippen LogP contribution >= 0.6 is 0 Å². The number of halogens is 3. The van der Waals surface area contributed by atoms with E-state index in [-0.39, 0.29) is 13.0 Å². The number of carbonyl (C=O) groups is 2. The maximum atomic E-state index is 12.7. The van der Waals surface area contributed by atoms with Crippen molar-refractivity contribution in [3.05, 3.63) is 18.0 Å². The van der Waals surface area contributed by atoms with Crippen LogP contribution in [0.2, 0.25) is 0 Å². The molecule has 1 atom stereocenters. The molecule has 2 rings (SSSR count). The molecule has 0 radical (unpaired) electrons. The first-order valence-electron chi connectivity index (χ1n) is 8.66. The maximum Gasteiger partial charge on any atom is 0.433 e. The highest BCUT2D eigenvalue weighted by Gasteiger charge is 2.33. The van der Waals surface area contributed by atoms with E-state index < -0.39 is 29.6 Å². The van der Waals surface area contributed by atoms with Crippen molar-refractivity contribution in [3.63, 3.8) is 0 Å². The second kappa shape index (κ2) is 9.49. The molecule has 1 heterocycles. The zero-order valence-electron chi connectivity index (χ0n) is 14.6. The first kappa shape index (κ1) is 20.9. The molecule has 2 amide bonds. The van der Waals surface area contributed by atoms with E-state index in [1.165, 1.54) is 0 Å². The van der Waals surface area contributed by atoms with Crippen LogP contribution in [0.1, 0.15) is 44.2 Å². The Morgan fingerprint density at radius 2 is 2.11 bits per heavy atom. The van der Waals surface area contributed by atoms with E-state index in [0.717, 1.165) is 38.3 Å². The minimum Gasteiger partial charge on any atom is -0.286 e. The monoisotopic (exact) mass is 389 g/mol. The highest BCUT2D eigenvalue weighted by Crippen LogP contribution is 2.30.